The third-order valence-corrected chi connectivity index (χ3v) is 6.65. The topological polar surface area (TPSA) is 75.6 Å². The summed E-state index contributed by atoms with van der Waals surface area (Å²) in [7, 11) is 1.74. The molecule has 4 heterocycles. The van der Waals surface area contributed by atoms with Crippen molar-refractivity contribution >= 4 is 11.8 Å². The highest BCUT2D eigenvalue weighted by Crippen LogP contribution is 2.52. The van der Waals surface area contributed by atoms with Gasteiger partial charge in [0.05, 0.1) is 42.9 Å². The molecule has 1 spiro atoms. The highest BCUT2D eigenvalue weighted by atomic mass is 16.5. The monoisotopic (exact) mass is 418 g/mol. The van der Waals surface area contributed by atoms with Crippen molar-refractivity contribution in [1.29, 1.82) is 0 Å². The van der Waals surface area contributed by atoms with Gasteiger partial charge in [0.2, 0.25) is 11.8 Å². The molecule has 160 valence electrons. The molecule has 3 aliphatic rings. The lowest BCUT2D eigenvalue weighted by Crippen LogP contribution is -2.44. The van der Waals surface area contributed by atoms with Gasteiger partial charge in [-0.25, -0.2) is 0 Å². The maximum atomic E-state index is 13.4. The highest BCUT2D eigenvalue weighted by molar-refractivity contribution is 5.93. The number of carbonyl (C=O) groups is 2. The summed E-state index contributed by atoms with van der Waals surface area (Å²) in [5.74, 6) is -1.02. The Bertz CT molecular complexity index is 1020. The number of hydrogen-bond donors (Lipinski definition) is 0. The molecule has 31 heavy (non-hydrogen) atoms. The molecule has 3 aliphatic heterocycles. The Morgan fingerprint density at radius 1 is 1.29 bits per heavy atom. The van der Waals surface area contributed by atoms with Crippen LogP contribution in [0.1, 0.15) is 16.8 Å². The van der Waals surface area contributed by atoms with E-state index in [2.05, 4.69) is 41.2 Å². The van der Waals surface area contributed by atoms with Crippen molar-refractivity contribution in [2.24, 2.45) is 11.8 Å². The number of nitrogens with zero attached hydrogens (tertiary/aromatic N) is 4. The molecule has 7 heteroatoms. The summed E-state index contributed by atoms with van der Waals surface area (Å²) >= 11 is 0. The predicted molar refractivity (Wildman–Crippen MR) is 114 cm³/mol. The molecular formula is C24H26N4O3. The van der Waals surface area contributed by atoms with Gasteiger partial charge in [0.15, 0.2) is 0 Å². The van der Waals surface area contributed by atoms with Crippen LogP contribution < -0.4 is 0 Å². The van der Waals surface area contributed by atoms with Gasteiger partial charge in [0.25, 0.3) is 0 Å². The number of aryl methyl sites for hydroxylation is 1. The Kier molecular flexibility index (Phi) is 4.85. The minimum atomic E-state index is -0.678. The summed E-state index contributed by atoms with van der Waals surface area (Å²) in [4.78, 5) is 38.5. The number of carbonyl (C=O) groups excluding carboxylic acids is 2. The predicted octanol–water partition coefficient (Wildman–Crippen LogP) is 1.77. The molecule has 2 saturated heterocycles. The maximum absolute atomic E-state index is 13.4. The molecule has 1 aromatic carbocycles. The van der Waals surface area contributed by atoms with Crippen LogP contribution in [0.5, 0.6) is 0 Å². The lowest BCUT2D eigenvalue weighted by atomic mass is 9.76. The number of likely N-dealkylation sites (tertiary alicyclic amines) is 1. The van der Waals surface area contributed by atoms with Crippen molar-refractivity contribution in [3.05, 3.63) is 71.8 Å². The molecule has 7 nitrogen and oxygen atoms in total. The molecule has 5 rings (SSSR count). The van der Waals surface area contributed by atoms with E-state index < -0.39 is 17.4 Å². The second-order valence-corrected chi connectivity index (χ2v) is 8.79. The standard InChI is InChI=1S/C24H26N4O3/c1-16-3-5-17(6-4-16)8-12-28-15-24-9-7-19(31-24)20(21(24)23(28)30)22(29)27(2)14-18-13-25-10-11-26-18/h3-7,9-11,13,19-21H,8,12,14-15H2,1-2H3/t19-,20-,21-,24-/m0/s1. The first-order chi connectivity index (χ1) is 15.0. The van der Waals surface area contributed by atoms with E-state index in [9.17, 15) is 9.59 Å². The summed E-state index contributed by atoms with van der Waals surface area (Å²) < 4.78 is 6.24. The fourth-order valence-corrected chi connectivity index (χ4v) is 5.06. The lowest BCUT2D eigenvalue weighted by molar-refractivity contribution is -0.142. The smallest absolute Gasteiger partial charge is 0.230 e. The quantitative estimate of drug-likeness (QED) is 0.669. The van der Waals surface area contributed by atoms with E-state index in [4.69, 9.17) is 4.74 Å². The first-order valence-corrected chi connectivity index (χ1v) is 10.7. The van der Waals surface area contributed by atoms with Crippen LogP contribution in [-0.4, -0.2) is 63.4 Å². The summed E-state index contributed by atoms with van der Waals surface area (Å²) in [5, 5.41) is 0. The average molecular weight is 418 g/mol. The number of hydrogen-bond acceptors (Lipinski definition) is 5. The van der Waals surface area contributed by atoms with Crippen molar-refractivity contribution < 1.29 is 14.3 Å². The minimum Gasteiger partial charge on any atom is -0.360 e. The van der Waals surface area contributed by atoms with Crippen molar-refractivity contribution in [2.45, 2.75) is 31.6 Å². The van der Waals surface area contributed by atoms with Crippen molar-refractivity contribution in [2.75, 3.05) is 20.1 Å². The van der Waals surface area contributed by atoms with Gasteiger partial charge >= 0.3 is 0 Å². The molecule has 0 radical (unpaired) electrons. The van der Waals surface area contributed by atoms with Gasteiger partial charge in [-0.15, -0.1) is 0 Å². The molecule has 2 aromatic rings. The largest absolute Gasteiger partial charge is 0.360 e. The molecule has 2 amide bonds. The first-order valence-electron chi connectivity index (χ1n) is 10.7. The number of ether oxygens (including phenoxy) is 1. The van der Waals surface area contributed by atoms with Gasteiger partial charge in [-0.2, -0.15) is 0 Å². The fourth-order valence-electron chi connectivity index (χ4n) is 5.06. The highest BCUT2D eigenvalue weighted by Gasteiger charge is 2.66. The SMILES string of the molecule is Cc1ccc(CCN2C[C@]34C=C[C@H](O3)[C@H](C(=O)N(C)Cc3cnccn3)[C@H]4C2=O)cc1. The molecule has 0 unspecified atom stereocenters. The van der Waals surface area contributed by atoms with E-state index in [0.29, 0.717) is 25.3 Å². The van der Waals surface area contributed by atoms with Crippen molar-refractivity contribution in [3.63, 3.8) is 0 Å². The van der Waals surface area contributed by atoms with Gasteiger partial charge in [-0.05, 0) is 18.9 Å². The normalized spacial score (nSPS) is 28.3. The molecule has 4 atom stereocenters. The van der Waals surface area contributed by atoms with Gasteiger partial charge in [-0.1, -0.05) is 42.0 Å². The summed E-state index contributed by atoms with van der Waals surface area (Å²) in [6.07, 6.45) is 9.25. The Hall–Kier alpha value is -3.06. The Balaban J connectivity index is 1.30. The lowest BCUT2D eigenvalue weighted by Gasteiger charge is -2.27. The second kappa shape index (κ2) is 7.57. The summed E-state index contributed by atoms with van der Waals surface area (Å²) in [5.41, 5.74) is 2.45. The molecule has 0 aliphatic carbocycles. The summed E-state index contributed by atoms with van der Waals surface area (Å²) in [6, 6.07) is 8.38. The van der Waals surface area contributed by atoms with Gasteiger partial charge < -0.3 is 14.5 Å². The van der Waals surface area contributed by atoms with E-state index in [-0.39, 0.29) is 17.9 Å². The maximum Gasteiger partial charge on any atom is 0.230 e. The molecule has 0 saturated carbocycles. The average Bonchev–Trinajstić information content (AvgIpc) is 3.41. The van der Waals surface area contributed by atoms with E-state index in [1.807, 2.05) is 17.1 Å². The zero-order chi connectivity index (χ0) is 21.6. The third kappa shape index (κ3) is 3.43. The van der Waals surface area contributed by atoms with Crippen LogP contribution in [0.4, 0.5) is 0 Å². The number of amides is 2. The minimum absolute atomic E-state index is 0.0187. The molecule has 0 N–H and O–H groups in total. The van der Waals surface area contributed by atoms with Crippen LogP contribution in [0.25, 0.3) is 0 Å². The number of benzene rings is 1. The Labute approximate surface area is 181 Å². The summed E-state index contributed by atoms with van der Waals surface area (Å²) in [6.45, 7) is 3.54. The number of fused-ring (bicyclic) bond motifs is 1. The number of rotatable bonds is 6. The van der Waals surface area contributed by atoms with Crippen LogP contribution in [-0.2, 0) is 27.3 Å². The van der Waals surface area contributed by atoms with Crippen molar-refractivity contribution in [3.8, 4) is 0 Å². The first kappa shape index (κ1) is 19.9. The van der Waals surface area contributed by atoms with Crippen LogP contribution >= 0.6 is 0 Å². The number of aromatic nitrogens is 2. The van der Waals surface area contributed by atoms with Gasteiger partial charge in [0.1, 0.15) is 5.60 Å². The molecular weight excluding hydrogens is 392 g/mol. The van der Waals surface area contributed by atoms with Crippen LogP contribution in [0.2, 0.25) is 0 Å². The van der Waals surface area contributed by atoms with Crippen LogP contribution in [0, 0.1) is 18.8 Å². The van der Waals surface area contributed by atoms with E-state index >= 15 is 0 Å². The molecule has 2 bridgehead atoms. The second-order valence-electron chi connectivity index (χ2n) is 8.79. The van der Waals surface area contributed by atoms with E-state index in [1.165, 1.54) is 11.1 Å². The van der Waals surface area contributed by atoms with E-state index in [1.54, 1.807) is 30.5 Å². The van der Waals surface area contributed by atoms with Gasteiger partial charge in [-0.3, -0.25) is 19.6 Å². The third-order valence-electron chi connectivity index (χ3n) is 6.65. The Morgan fingerprint density at radius 3 is 2.84 bits per heavy atom. The van der Waals surface area contributed by atoms with Crippen LogP contribution in [0.3, 0.4) is 0 Å². The van der Waals surface area contributed by atoms with Crippen molar-refractivity contribution in [1.82, 2.24) is 19.8 Å². The zero-order valence-corrected chi connectivity index (χ0v) is 17.8. The molecule has 2 fully saturated rings. The molecule has 1 aromatic heterocycles. The fraction of sp³-hybridized carbons (Fsp3) is 0.417. The zero-order valence-electron chi connectivity index (χ0n) is 17.8. The van der Waals surface area contributed by atoms with E-state index in [0.717, 1.165) is 6.42 Å². The van der Waals surface area contributed by atoms with Crippen LogP contribution in [0.15, 0.2) is 55.0 Å². The Morgan fingerprint density at radius 2 is 2.10 bits per heavy atom. The van der Waals surface area contributed by atoms with Gasteiger partial charge in [0, 0.05) is 26.0 Å².